The van der Waals surface area contributed by atoms with Crippen molar-refractivity contribution in [3.05, 3.63) is 88.5 Å². The second-order valence-electron chi connectivity index (χ2n) is 7.32. The van der Waals surface area contributed by atoms with Crippen molar-refractivity contribution in [2.24, 2.45) is 0 Å². The van der Waals surface area contributed by atoms with Crippen LogP contribution in [-0.4, -0.2) is 32.5 Å². The lowest BCUT2D eigenvalue weighted by molar-refractivity contribution is -0.139. The normalized spacial score (nSPS) is 11.1. The van der Waals surface area contributed by atoms with E-state index in [4.69, 9.17) is 25.6 Å². The molecule has 0 aliphatic heterocycles. The van der Waals surface area contributed by atoms with Gasteiger partial charge in [-0.05, 0) is 37.6 Å². The summed E-state index contributed by atoms with van der Waals surface area (Å²) in [4.78, 5) is 16.5. The van der Waals surface area contributed by atoms with Gasteiger partial charge in [0.2, 0.25) is 5.82 Å². The molecule has 0 fully saturated rings. The van der Waals surface area contributed by atoms with Crippen molar-refractivity contribution in [1.82, 2.24) is 19.9 Å². The maximum absolute atomic E-state index is 12.2. The van der Waals surface area contributed by atoms with Gasteiger partial charge in [-0.15, -0.1) is 0 Å². The summed E-state index contributed by atoms with van der Waals surface area (Å²) in [6.07, 6.45) is 2.89. The molecule has 0 N–H and O–H groups in total. The first kappa shape index (κ1) is 23.3. The fraction of sp³-hybridized carbons (Fsp3) is 0.200. The Morgan fingerprint density at radius 2 is 1.91 bits per heavy atom. The van der Waals surface area contributed by atoms with Crippen LogP contribution in [0.4, 0.5) is 0 Å². The second kappa shape index (κ2) is 10.8. The Kier molecular flexibility index (Phi) is 7.39. The van der Waals surface area contributed by atoms with Gasteiger partial charge in [0, 0.05) is 11.6 Å². The molecule has 0 saturated heterocycles. The van der Waals surface area contributed by atoms with Crippen LogP contribution in [0.3, 0.4) is 0 Å². The van der Waals surface area contributed by atoms with Crippen LogP contribution in [-0.2, 0) is 22.7 Å². The molecule has 0 spiro atoms. The molecule has 174 valence electrons. The van der Waals surface area contributed by atoms with E-state index in [1.807, 2.05) is 68.4 Å². The molecule has 0 aliphatic carbocycles. The lowest BCUT2D eigenvalue weighted by Crippen LogP contribution is -2.02. The van der Waals surface area contributed by atoms with Crippen LogP contribution in [0, 0.1) is 6.92 Å². The molecule has 0 saturated carbocycles. The zero-order valence-corrected chi connectivity index (χ0v) is 19.5. The van der Waals surface area contributed by atoms with Crippen LogP contribution in [0.15, 0.2) is 65.2 Å². The number of ether oxygens (including phenoxy) is 2. The molecule has 4 rings (SSSR count). The average molecular weight is 479 g/mol. The molecule has 0 amide bonds. The Hall–Kier alpha value is -3.91. The summed E-state index contributed by atoms with van der Waals surface area (Å²) in [7, 11) is 0. The summed E-state index contributed by atoms with van der Waals surface area (Å²) in [5.41, 5.74) is 3.13. The smallest absolute Gasteiger partial charge is 0.331 e. The summed E-state index contributed by atoms with van der Waals surface area (Å²) in [6.45, 7) is 4.62. The summed E-state index contributed by atoms with van der Waals surface area (Å²) in [5.74, 6) is 0.616. The molecule has 2 aromatic carbocycles. The first-order chi connectivity index (χ1) is 16.5. The van der Waals surface area contributed by atoms with Gasteiger partial charge in [0.1, 0.15) is 10.9 Å². The molecular weight excluding hydrogens is 456 g/mol. The van der Waals surface area contributed by atoms with Crippen molar-refractivity contribution < 1.29 is 18.8 Å². The van der Waals surface area contributed by atoms with Gasteiger partial charge in [-0.3, -0.25) is 0 Å². The highest BCUT2D eigenvalue weighted by atomic mass is 35.5. The van der Waals surface area contributed by atoms with E-state index >= 15 is 0 Å². The zero-order valence-electron chi connectivity index (χ0n) is 18.8. The molecule has 2 aromatic heterocycles. The molecule has 0 radical (unpaired) electrons. The van der Waals surface area contributed by atoms with E-state index in [2.05, 4.69) is 15.2 Å². The summed E-state index contributed by atoms with van der Waals surface area (Å²) >= 11 is 6.49. The van der Waals surface area contributed by atoms with E-state index in [0.717, 1.165) is 5.56 Å². The second-order valence-corrected chi connectivity index (χ2v) is 7.67. The van der Waals surface area contributed by atoms with E-state index in [-0.39, 0.29) is 12.5 Å². The molecule has 0 atom stereocenters. The lowest BCUT2D eigenvalue weighted by atomic mass is 10.2. The van der Waals surface area contributed by atoms with Crippen molar-refractivity contribution in [2.45, 2.75) is 27.0 Å². The minimum Gasteiger partial charge on any atom is -0.493 e. The quantitative estimate of drug-likeness (QED) is 0.244. The minimum atomic E-state index is -0.569. The first-order valence-electron chi connectivity index (χ1n) is 10.7. The number of benzene rings is 2. The molecule has 0 unspecified atom stereocenters. The number of aromatic nitrogens is 4. The summed E-state index contributed by atoms with van der Waals surface area (Å²) in [5, 5.41) is 8.87. The SMILES string of the molecule is CCOc1ccccc1-c1noc(COC(=O)/C=C/c2c(C)nn(Cc3ccccc3)c2Cl)n1. The summed E-state index contributed by atoms with van der Waals surface area (Å²) in [6, 6.07) is 17.2. The largest absolute Gasteiger partial charge is 0.493 e. The van der Waals surface area contributed by atoms with E-state index in [9.17, 15) is 4.79 Å². The summed E-state index contributed by atoms with van der Waals surface area (Å²) < 4.78 is 17.7. The number of rotatable bonds is 9. The van der Waals surface area contributed by atoms with Gasteiger partial charge in [-0.2, -0.15) is 10.1 Å². The molecule has 2 heterocycles. The Morgan fingerprint density at radius 3 is 2.71 bits per heavy atom. The molecule has 0 aliphatic rings. The molecule has 4 aromatic rings. The van der Waals surface area contributed by atoms with Crippen molar-refractivity contribution in [3.63, 3.8) is 0 Å². The van der Waals surface area contributed by atoms with E-state index in [1.54, 1.807) is 10.8 Å². The van der Waals surface area contributed by atoms with Crippen LogP contribution in [0.2, 0.25) is 5.15 Å². The maximum atomic E-state index is 12.2. The Balaban J connectivity index is 1.37. The predicted octanol–water partition coefficient (Wildman–Crippen LogP) is 5.10. The van der Waals surface area contributed by atoms with Crippen molar-refractivity contribution in [3.8, 4) is 17.1 Å². The molecule has 8 nitrogen and oxygen atoms in total. The van der Waals surface area contributed by atoms with Gasteiger partial charge in [0.05, 0.1) is 24.4 Å². The van der Waals surface area contributed by atoms with Crippen LogP contribution in [0.25, 0.3) is 17.5 Å². The lowest BCUT2D eigenvalue weighted by Gasteiger charge is -2.05. The Labute approximate surface area is 201 Å². The third kappa shape index (κ3) is 5.52. The highest BCUT2D eigenvalue weighted by molar-refractivity contribution is 6.31. The highest BCUT2D eigenvalue weighted by Gasteiger charge is 2.15. The third-order valence-electron chi connectivity index (χ3n) is 4.90. The zero-order chi connectivity index (χ0) is 23.9. The minimum absolute atomic E-state index is 0.160. The Morgan fingerprint density at radius 1 is 1.15 bits per heavy atom. The third-order valence-corrected chi connectivity index (χ3v) is 5.30. The van der Waals surface area contributed by atoms with Crippen molar-refractivity contribution in [1.29, 1.82) is 0 Å². The number of carbonyl (C=O) groups is 1. The first-order valence-corrected chi connectivity index (χ1v) is 11.1. The molecule has 9 heteroatoms. The van der Waals surface area contributed by atoms with Gasteiger partial charge in [-0.25, -0.2) is 9.48 Å². The van der Waals surface area contributed by atoms with Crippen LogP contribution >= 0.6 is 11.6 Å². The van der Waals surface area contributed by atoms with Crippen LogP contribution < -0.4 is 4.74 Å². The molecular formula is C25H23ClN4O4. The van der Waals surface area contributed by atoms with E-state index in [1.165, 1.54) is 6.08 Å². The van der Waals surface area contributed by atoms with Gasteiger partial charge in [-0.1, -0.05) is 59.2 Å². The van der Waals surface area contributed by atoms with Gasteiger partial charge in [0.15, 0.2) is 6.61 Å². The number of hydrogen-bond donors (Lipinski definition) is 0. The average Bonchev–Trinajstić information content (AvgIpc) is 3.42. The van der Waals surface area contributed by atoms with Gasteiger partial charge in [0.25, 0.3) is 5.89 Å². The van der Waals surface area contributed by atoms with Crippen molar-refractivity contribution in [2.75, 3.05) is 6.61 Å². The van der Waals surface area contributed by atoms with Crippen LogP contribution in [0.1, 0.15) is 29.6 Å². The van der Waals surface area contributed by atoms with Crippen molar-refractivity contribution >= 4 is 23.6 Å². The fourth-order valence-corrected chi connectivity index (χ4v) is 3.60. The number of carbonyl (C=O) groups excluding carboxylic acids is 1. The standard InChI is InChI=1S/C25H23ClN4O4/c1-3-32-21-12-8-7-11-20(21)25-27-22(34-29-25)16-33-23(31)14-13-19-17(2)28-30(24(19)26)15-18-9-5-4-6-10-18/h4-14H,3,15-16H2,1-2H3/b14-13+. The van der Waals surface area contributed by atoms with Crippen LogP contribution in [0.5, 0.6) is 5.75 Å². The number of para-hydroxylation sites is 1. The number of nitrogens with zero attached hydrogens (tertiary/aromatic N) is 4. The van der Waals surface area contributed by atoms with E-state index < -0.39 is 5.97 Å². The number of esters is 1. The van der Waals surface area contributed by atoms with Gasteiger partial charge >= 0.3 is 5.97 Å². The fourth-order valence-electron chi connectivity index (χ4n) is 3.31. The number of aryl methyl sites for hydroxylation is 1. The topological polar surface area (TPSA) is 92.3 Å². The van der Waals surface area contributed by atoms with E-state index in [0.29, 0.717) is 46.7 Å². The highest BCUT2D eigenvalue weighted by Crippen LogP contribution is 2.27. The maximum Gasteiger partial charge on any atom is 0.331 e. The molecule has 0 bridgehead atoms. The van der Waals surface area contributed by atoms with Gasteiger partial charge < -0.3 is 14.0 Å². The number of hydrogen-bond acceptors (Lipinski definition) is 7. The Bertz CT molecular complexity index is 1300. The molecule has 34 heavy (non-hydrogen) atoms. The number of halogens is 1. The monoisotopic (exact) mass is 478 g/mol. The predicted molar refractivity (Wildman–Crippen MR) is 127 cm³/mol.